The maximum atomic E-state index is 6.20. The van der Waals surface area contributed by atoms with Gasteiger partial charge in [0.25, 0.3) is 0 Å². The molecule has 0 aromatic heterocycles. The van der Waals surface area contributed by atoms with Crippen LogP contribution in [-0.2, 0) is 0 Å². The van der Waals surface area contributed by atoms with Gasteiger partial charge in [0.1, 0.15) is 0 Å². The van der Waals surface area contributed by atoms with Gasteiger partial charge in [-0.2, -0.15) is 0 Å². The quantitative estimate of drug-likeness (QED) is 0.751. The maximum Gasteiger partial charge on any atom is 0.0334 e. The zero-order valence-corrected chi connectivity index (χ0v) is 13.0. The van der Waals surface area contributed by atoms with E-state index in [-0.39, 0.29) is 0 Å². The SMILES string of the molecule is CCCN(CC)C1(CN)CCCC(CC(C)C)C1. The zero-order valence-electron chi connectivity index (χ0n) is 13.0. The molecule has 0 aromatic carbocycles. The van der Waals surface area contributed by atoms with E-state index in [1.54, 1.807) is 0 Å². The molecule has 2 N–H and O–H groups in total. The molecule has 0 amide bonds. The lowest BCUT2D eigenvalue weighted by atomic mass is 9.72. The van der Waals surface area contributed by atoms with Crippen molar-refractivity contribution in [3.05, 3.63) is 0 Å². The minimum atomic E-state index is 0.308. The summed E-state index contributed by atoms with van der Waals surface area (Å²) in [6.07, 6.45) is 8.05. The van der Waals surface area contributed by atoms with Gasteiger partial charge in [-0.15, -0.1) is 0 Å². The van der Waals surface area contributed by atoms with Gasteiger partial charge in [-0.3, -0.25) is 4.90 Å². The lowest BCUT2D eigenvalue weighted by Gasteiger charge is -2.48. The number of nitrogens with two attached hydrogens (primary N) is 1. The minimum absolute atomic E-state index is 0.308. The van der Waals surface area contributed by atoms with E-state index < -0.39 is 0 Å². The number of nitrogens with zero attached hydrogens (tertiary/aromatic N) is 1. The largest absolute Gasteiger partial charge is 0.329 e. The summed E-state index contributed by atoms with van der Waals surface area (Å²) in [5.74, 6) is 1.72. The number of hydrogen-bond donors (Lipinski definition) is 1. The van der Waals surface area contributed by atoms with E-state index in [2.05, 4.69) is 32.6 Å². The minimum Gasteiger partial charge on any atom is -0.329 e. The lowest BCUT2D eigenvalue weighted by Crippen LogP contribution is -2.56. The summed E-state index contributed by atoms with van der Waals surface area (Å²) in [5.41, 5.74) is 6.50. The molecule has 1 rings (SSSR count). The predicted octanol–water partition coefficient (Wildman–Crippen LogP) is 3.65. The van der Waals surface area contributed by atoms with Crippen molar-refractivity contribution in [3.63, 3.8) is 0 Å². The van der Waals surface area contributed by atoms with E-state index in [4.69, 9.17) is 5.73 Å². The van der Waals surface area contributed by atoms with Crippen LogP contribution in [0.25, 0.3) is 0 Å². The first-order valence-corrected chi connectivity index (χ1v) is 8.03. The highest BCUT2D eigenvalue weighted by atomic mass is 15.2. The maximum absolute atomic E-state index is 6.20. The summed E-state index contributed by atoms with van der Waals surface area (Å²) in [4.78, 5) is 2.67. The van der Waals surface area contributed by atoms with Crippen LogP contribution in [0.15, 0.2) is 0 Å². The third-order valence-electron chi connectivity index (χ3n) is 4.65. The fourth-order valence-electron chi connectivity index (χ4n) is 3.93. The highest BCUT2D eigenvalue weighted by molar-refractivity contribution is 4.96. The molecule has 0 saturated heterocycles. The van der Waals surface area contributed by atoms with Crippen LogP contribution < -0.4 is 5.73 Å². The van der Waals surface area contributed by atoms with Gasteiger partial charge < -0.3 is 5.73 Å². The molecule has 2 atom stereocenters. The average Bonchev–Trinajstić information content (AvgIpc) is 2.35. The summed E-state index contributed by atoms with van der Waals surface area (Å²) < 4.78 is 0. The van der Waals surface area contributed by atoms with Crippen LogP contribution in [0.1, 0.15) is 66.2 Å². The zero-order chi connectivity index (χ0) is 13.6. The van der Waals surface area contributed by atoms with Gasteiger partial charge in [0.2, 0.25) is 0 Å². The van der Waals surface area contributed by atoms with Crippen LogP contribution in [0.3, 0.4) is 0 Å². The monoisotopic (exact) mass is 254 g/mol. The summed E-state index contributed by atoms with van der Waals surface area (Å²) in [6.45, 7) is 12.5. The molecule has 1 aliphatic carbocycles. The molecule has 108 valence electrons. The van der Waals surface area contributed by atoms with Gasteiger partial charge in [-0.1, -0.05) is 40.5 Å². The van der Waals surface area contributed by atoms with Gasteiger partial charge in [0, 0.05) is 12.1 Å². The first-order valence-electron chi connectivity index (χ1n) is 8.03. The highest BCUT2D eigenvalue weighted by Crippen LogP contribution is 2.39. The third-order valence-corrected chi connectivity index (χ3v) is 4.65. The van der Waals surface area contributed by atoms with Crippen LogP contribution in [-0.4, -0.2) is 30.1 Å². The summed E-state index contributed by atoms with van der Waals surface area (Å²) >= 11 is 0. The van der Waals surface area contributed by atoms with Crippen molar-refractivity contribution < 1.29 is 0 Å². The van der Waals surface area contributed by atoms with Crippen LogP contribution in [0.2, 0.25) is 0 Å². The molecule has 0 aliphatic heterocycles. The fourth-order valence-corrected chi connectivity index (χ4v) is 3.93. The van der Waals surface area contributed by atoms with E-state index >= 15 is 0 Å². The molecule has 2 nitrogen and oxygen atoms in total. The molecule has 0 heterocycles. The standard InChI is InChI=1S/C16H34N2/c1-5-10-18(6-2)16(13-17)9-7-8-15(12-16)11-14(3)4/h14-15H,5-13,17H2,1-4H3. The second kappa shape index (κ2) is 7.49. The van der Waals surface area contributed by atoms with E-state index in [0.717, 1.165) is 24.9 Å². The lowest BCUT2D eigenvalue weighted by molar-refractivity contribution is 0.0351. The molecule has 1 aliphatic rings. The van der Waals surface area contributed by atoms with Crippen molar-refractivity contribution in [1.29, 1.82) is 0 Å². The third kappa shape index (κ3) is 3.96. The molecule has 0 spiro atoms. The summed E-state index contributed by atoms with van der Waals surface area (Å²) in [6, 6.07) is 0. The molecule has 2 unspecified atom stereocenters. The Morgan fingerprint density at radius 3 is 2.56 bits per heavy atom. The number of likely N-dealkylation sites (N-methyl/N-ethyl adjacent to an activating group) is 1. The fraction of sp³-hybridized carbons (Fsp3) is 1.00. The predicted molar refractivity (Wildman–Crippen MR) is 80.7 cm³/mol. The Morgan fingerprint density at radius 1 is 1.33 bits per heavy atom. The Bertz CT molecular complexity index is 227. The molecule has 0 aromatic rings. The van der Waals surface area contributed by atoms with Crippen LogP contribution >= 0.6 is 0 Å². The normalized spacial score (nSPS) is 29.2. The van der Waals surface area contributed by atoms with E-state index in [9.17, 15) is 0 Å². The van der Waals surface area contributed by atoms with Crippen molar-refractivity contribution in [2.45, 2.75) is 71.8 Å². The molecule has 18 heavy (non-hydrogen) atoms. The highest BCUT2D eigenvalue weighted by Gasteiger charge is 2.39. The smallest absolute Gasteiger partial charge is 0.0334 e. The molecular formula is C16H34N2. The molecule has 0 radical (unpaired) electrons. The van der Waals surface area contributed by atoms with Crippen LogP contribution in [0.4, 0.5) is 0 Å². The van der Waals surface area contributed by atoms with Crippen LogP contribution in [0.5, 0.6) is 0 Å². The van der Waals surface area contributed by atoms with Gasteiger partial charge in [-0.05, 0) is 50.6 Å². The van der Waals surface area contributed by atoms with Crippen molar-refractivity contribution in [2.24, 2.45) is 17.6 Å². The second-order valence-corrected chi connectivity index (χ2v) is 6.60. The molecular weight excluding hydrogens is 220 g/mol. The molecule has 0 bridgehead atoms. The van der Waals surface area contributed by atoms with Crippen molar-refractivity contribution in [1.82, 2.24) is 4.90 Å². The van der Waals surface area contributed by atoms with E-state index in [0.29, 0.717) is 5.54 Å². The van der Waals surface area contributed by atoms with E-state index in [1.165, 1.54) is 45.1 Å². The number of rotatable bonds is 7. The summed E-state index contributed by atoms with van der Waals surface area (Å²) in [5, 5.41) is 0. The Hall–Kier alpha value is -0.0800. The Morgan fingerprint density at radius 2 is 2.06 bits per heavy atom. The van der Waals surface area contributed by atoms with Gasteiger partial charge in [-0.25, -0.2) is 0 Å². The van der Waals surface area contributed by atoms with E-state index in [1.807, 2.05) is 0 Å². The molecule has 2 heteroatoms. The van der Waals surface area contributed by atoms with Crippen molar-refractivity contribution >= 4 is 0 Å². The number of hydrogen-bond acceptors (Lipinski definition) is 2. The Balaban J connectivity index is 2.72. The van der Waals surface area contributed by atoms with Crippen molar-refractivity contribution in [3.8, 4) is 0 Å². The van der Waals surface area contributed by atoms with Gasteiger partial charge in [0.05, 0.1) is 0 Å². The molecule has 1 saturated carbocycles. The topological polar surface area (TPSA) is 29.3 Å². The Labute approximate surface area is 114 Å². The average molecular weight is 254 g/mol. The van der Waals surface area contributed by atoms with Gasteiger partial charge in [0.15, 0.2) is 0 Å². The Kier molecular flexibility index (Phi) is 6.65. The summed E-state index contributed by atoms with van der Waals surface area (Å²) in [7, 11) is 0. The van der Waals surface area contributed by atoms with Crippen molar-refractivity contribution in [2.75, 3.05) is 19.6 Å². The molecule has 1 fully saturated rings. The second-order valence-electron chi connectivity index (χ2n) is 6.60. The van der Waals surface area contributed by atoms with Crippen LogP contribution in [0, 0.1) is 11.8 Å². The first-order chi connectivity index (χ1) is 8.57. The van der Waals surface area contributed by atoms with Gasteiger partial charge >= 0.3 is 0 Å². The first kappa shape index (κ1) is 16.0.